The van der Waals surface area contributed by atoms with E-state index in [0.717, 1.165) is 32.4 Å². The molecule has 4 rings (SSSR count). The number of halogens is 1. The Kier molecular flexibility index (Phi) is 3.79. The van der Waals surface area contributed by atoms with Crippen LogP contribution in [0.15, 0.2) is 15.7 Å². The first kappa shape index (κ1) is 17.3. The maximum absolute atomic E-state index is 15.1. The molecule has 140 valence electrons. The number of aryl methyl sites for hydroxylation is 1. The Bertz CT molecular complexity index is 1000. The number of anilines is 1. The first-order valence-electron chi connectivity index (χ1n) is 9.47. The van der Waals surface area contributed by atoms with Gasteiger partial charge in [0.25, 0.3) is 5.56 Å². The summed E-state index contributed by atoms with van der Waals surface area (Å²) in [5.41, 5.74) is 1.04. The number of nitrogens with zero attached hydrogens (tertiary/aromatic N) is 2. The molecule has 0 bridgehead atoms. The summed E-state index contributed by atoms with van der Waals surface area (Å²) in [6.45, 7) is 10.0. The van der Waals surface area contributed by atoms with E-state index in [1.165, 1.54) is 6.07 Å². The molecule has 1 atom stereocenters. The largest absolute Gasteiger partial charge is 0.368 e. The van der Waals surface area contributed by atoms with Gasteiger partial charge in [0.1, 0.15) is 5.82 Å². The van der Waals surface area contributed by atoms with Crippen molar-refractivity contribution in [2.24, 2.45) is 11.3 Å². The van der Waals surface area contributed by atoms with Crippen molar-refractivity contribution >= 4 is 16.6 Å². The van der Waals surface area contributed by atoms with Crippen LogP contribution in [-0.4, -0.2) is 22.6 Å². The fourth-order valence-corrected chi connectivity index (χ4v) is 4.69. The van der Waals surface area contributed by atoms with Crippen LogP contribution in [0.2, 0.25) is 0 Å². The van der Waals surface area contributed by atoms with E-state index in [0.29, 0.717) is 22.7 Å². The van der Waals surface area contributed by atoms with Gasteiger partial charge in [-0.25, -0.2) is 9.18 Å². The molecule has 2 aliphatic rings. The zero-order valence-electron chi connectivity index (χ0n) is 15.9. The summed E-state index contributed by atoms with van der Waals surface area (Å²) in [6.07, 6.45) is 2.88. The molecule has 0 radical (unpaired) electrons. The van der Waals surface area contributed by atoms with Gasteiger partial charge in [-0.3, -0.25) is 14.3 Å². The molecule has 2 fully saturated rings. The van der Waals surface area contributed by atoms with Gasteiger partial charge in [-0.2, -0.15) is 0 Å². The van der Waals surface area contributed by atoms with Gasteiger partial charge in [0.15, 0.2) is 0 Å². The summed E-state index contributed by atoms with van der Waals surface area (Å²) in [5.74, 6) is 0.107. The highest BCUT2D eigenvalue weighted by molar-refractivity contribution is 5.87. The minimum atomic E-state index is -0.511. The highest BCUT2D eigenvalue weighted by atomic mass is 19.1. The zero-order chi connectivity index (χ0) is 18.8. The van der Waals surface area contributed by atoms with Crippen LogP contribution in [0.4, 0.5) is 10.1 Å². The predicted molar refractivity (Wildman–Crippen MR) is 102 cm³/mol. The van der Waals surface area contributed by atoms with Crippen LogP contribution in [-0.2, 0) is 0 Å². The quantitative estimate of drug-likeness (QED) is 0.914. The van der Waals surface area contributed by atoms with Gasteiger partial charge in [-0.1, -0.05) is 27.2 Å². The van der Waals surface area contributed by atoms with E-state index in [2.05, 4.69) is 30.7 Å². The van der Waals surface area contributed by atoms with E-state index in [9.17, 15) is 9.59 Å². The number of H-pyrrole nitrogens is 1. The van der Waals surface area contributed by atoms with Gasteiger partial charge in [0.05, 0.1) is 16.6 Å². The van der Waals surface area contributed by atoms with Crippen LogP contribution < -0.4 is 16.1 Å². The predicted octanol–water partition coefficient (Wildman–Crippen LogP) is 3.34. The lowest BCUT2D eigenvalue weighted by Gasteiger charge is -2.25. The second kappa shape index (κ2) is 5.69. The number of aromatic amines is 1. The average Bonchev–Trinajstić information content (AvgIpc) is 3.32. The summed E-state index contributed by atoms with van der Waals surface area (Å²) in [4.78, 5) is 29.1. The first-order valence-corrected chi connectivity index (χ1v) is 9.47. The molecule has 1 saturated carbocycles. The number of fused-ring (bicyclic) bond motifs is 1. The molecule has 1 aromatic carbocycles. The number of hydrogen-bond donors (Lipinski definition) is 1. The van der Waals surface area contributed by atoms with Crippen molar-refractivity contribution < 1.29 is 4.39 Å². The molecule has 6 heteroatoms. The highest BCUT2D eigenvalue weighted by Gasteiger charge is 2.40. The smallest absolute Gasteiger partial charge is 0.329 e. The lowest BCUT2D eigenvalue weighted by molar-refractivity contribution is 0.282. The third-order valence-corrected chi connectivity index (χ3v) is 6.25. The number of benzene rings is 1. The van der Waals surface area contributed by atoms with Gasteiger partial charge in [0.2, 0.25) is 0 Å². The number of hydrogen-bond acceptors (Lipinski definition) is 3. The Morgan fingerprint density at radius 1 is 1.31 bits per heavy atom. The molecule has 1 N–H and O–H groups in total. The van der Waals surface area contributed by atoms with Gasteiger partial charge in [-0.05, 0) is 37.2 Å². The molecule has 5 nitrogen and oxygen atoms in total. The summed E-state index contributed by atoms with van der Waals surface area (Å²) in [6, 6.07) is 1.42. The SMILES string of the molecule is CCC1CN(c2c(F)cc3c(=O)[nH]c(=O)n(C4CC4)c3c2C)CC1(C)C. The van der Waals surface area contributed by atoms with Crippen LogP contribution in [0, 0.1) is 24.1 Å². The third kappa shape index (κ3) is 2.49. The standard InChI is InChI=1S/C20H26FN3O2/c1-5-12-9-23(10-20(12,3)4)17-11(2)16-14(8-15(17)21)18(25)22-19(26)24(16)13-6-7-13/h8,12-13H,5-7,9-10H2,1-4H3,(H,22,25,26). The molecule has 0 spiro atoms. The average molecular weight is 359 g/mol. The van der Waals surface area contributed by atoms with E-state index in [1.807, 2.05) is 6.92 Å². The van der Waals surface area contributed by atoms with Gasteiger partial charge >= 0.3 is 5.69 Å². The Morgan fingerprint density at radius 3 is 2.58 bits per heavy atom. The highest BCUT2D eigenvalue weighted by Crippen LogP contribution is 2.43. The second-order valence-corrected chi connectivity index (χ2v) is 8.56. The van der Waals surface area contributed by atoms with Crippen molar-refractivity contribution in [3.8, 4) is 0 Å². The van der Waals surface area contributed by atoms with Crippen LogP contribution >= 0.6 is 0 Å². The summed E-state index contributed by atoms with van der Waals surface area (Å²) in [7, 11) is 0. The Hall–Kier alpha value is -2.11. The molecule has 2 heterocycles. The maximum Gasteiger partial charge on any atom is 0.329 e. The summed E-state index contributed by atoms with van der Waals surface area (Å²) >= 11 is 0. The van der Waals surface area contributed by atoms with Crippen molar-refractivity contribution in [3.05, 3.63) is 38.3 Å². The maximum atomic E-state index is 15.1. The Morgan fingerprint density at radius 2 is 2.00 bits per heavy atom. The van der Waals surface area contributed by atoms with E-state index in [4.69, 9.17) is 0 Å². The lowest BCUT2D eigenvalue weighted by atomic mass is 9.81. The molecule has 2 aromatic rings. The molecule has 1 saturated heterocycles. The van der Waals surface area contributed by atoms with Gasteiger partial charge < -0.3 is 4.90 Å². The van der Waals surface area contributed by atoms with E-state index in [-0.39, 0.29) is 28.4 Å². The van der Waals surface area contributed by atoms with Crippen LogP contribution in [0.25, 0.3) is 10.9 Å². The normalized spacial score (nSPS) is 22.3. The minimum absolute atomic E-state index is 0.104. The molecular weight excluding hydrogens is 333 g/mol. The molecule has 1 aliphatic carbocycles. The number of rotatable bonds is 3. The molecule has 26 heavy (non-hydrogen) atoms. The summed E-state index contributed by atoms with van der Waals surface area (Å²) < 4.78 is 16.7. The topological polar surface area (TPSA) is 58.1 Å². The summed E-state index contributed by atoms with van der Waals surface area (Å²) in [5, 5.41) is 0.265. The minimum Gasteiger partial charge on any atom is -0.368 e. The number of aromatic nitrogens is 2. The van der Waals surface area contributed by atoms with Crippen LogP contribution in [0.3, 0.4) is 0 Å². The Balaban J connectivity index is 1.96. The molecule has 1 aliphatic heterocycles. The van der Waals surface area contributed by atoms with E-state index < -0.39 is 5.56 Å². The first-order chi connectivity index (χ1) is 12.2. The lowest BCUT2D eigenvalue weighted by Crippen LogP contribution is -2.31. The monoisotopic (exact) mass is 359 g/mol. The second-order valence-electron chi connectivity index (χ2n) is 8.56. The third-order valence-electron chi connectivity index (χ3n) is 6.25. The van der Waals surface area contributed by atoms with Crippen LogP contribution in [0.1, 0.15) is 51.6 Å². The van der Waals surface area contributed by atoms with Crippen molar-refractivity contribution in [3.63, 3.8) is 0 Å². The van der Waals surface area contributed by atoms with Crippen molar-refractivity contribution in [2.45, 2.75) is 53.0 Å². The molecular formula is C20H26FN3O2. The number of nitrogens with one attached hydrogen (secondary N) is 1. The molecule has 1 unspecified atom stereocenters. The van der Waals surface area contributed by atoms with Gasteiger partial charge in [-0.15, -0.1) is 0 Å². The van der Waals surface area contributed by atoms with Crippen LogP contribution in [0.5, 0.6) is 0 Å². The fourth-order valence-electron chi connectivity index (χ4n) is 4.69. The van der Waals surface area contributed by atoms with Gasteiger partial charge in [0, 0.05) is 24.7 Å². The fraction of sp³-hybridized carbons (Fsp3) is 0.600. The van der Waals surface area contributed by atoms with Crippen molar-refractivity contribution in [2.75, 3.05) is 18.0 Å². The van der Waals surface area contributed by atoms with Crippen molar-refractivity contribution in [1.82, 2.24) is 9.55 Å². The Labute approximate surface area is 151 Å². The molecule has 1 aromatic heterocycles. The van der Waals surface area contributed by atoms with Crippen molar-refractivity contribution in [1.29, 1.82) is 0 Å². The zero-order valence-corrected chi connectivity index (χ0v) is 15.9. The van der Waals surface area contributed by atoms with E-state index in [1.54, 1.807) is 4.57 Å². The van der Waals surface area contributed by atoms with E-state index >= 15 is 4.39 Å². The molecule has 0 amide bonds.